The number of carboxylic acid groups (broad SMARTS) is 1. The van der Waals surface area contributed by atoms with Crippen LogP contribution in [0.2, 0.25) is 0 Å². The number of hydrogen-bond donors (Lipinski definition) is 2. The van der Waals surface area contributed by atoms with Gasteiger partial charge in [0.25, 0.3) is 0 Å². The summed E-state index contributed by atoms with van der Waals surface area (Å²) in [6.45, 7) is 1.55. The molecule has 1 aliphatic rings. The van der Waals surface area contributed by atoms with Crippen molar-refractivity contribution < 1.29 is 14.6 Å². The van der Waals surface area contributed by atoms with Gasteiger partial charge in [-0.2, -0.15) is 0 Å². The maximum atomic E-state index is 11.0. The largest absolute Gasteiger partial charge is 0.489 e. The highest BCUT2D eigenvalue weighted by Gasteiger charge is 2.25. The quantitative estimate of drug-likeness (QED) is 0.840. The standard InChI is InChI=1S/C13H18N2O3/c1-14-6-5-10-8-18-12-4-3-9(13(16)17)7-11(12)15(10)2/h3-4,7,10,14H,5-6,8H2,1-2H3,(H,16,17). The van der Waals surface area contributed by atoms with Gasteiger partial charge in [0.1, 0.15) is 12.4 Å². The van der Waals surface area contributed by atoms with Crippen molar-refractivity contribution in [3.8, 4) is 5.75 Å². The van der Waals surface area contributed by atoms with E-state index in [1.165, 1.54) is 0 Å². The minimum absolute atomic E-state index is 0.272. The van der Waals surface area contributed by atoms with Crippen molar-refractivity contribution in [3.05, 3.63) is 23.8 Å². The van der Waals surface area contributed by atoms with E-state index in [1.54, 1.807) is 18.2 Å². The molecule has 1 aromatic carbocycles. The number of carboxylic acids is 1. The van der Waals surface area contributed by atoms with Crippen molar-refractivity contribution in [1.82, 2.24) is 5.32 Å². The number of hydrogen-bond acceptors (Lipinski definition) is 4. The third-order valence-corrected chi connectivity index (χ3v) is 3.29. The molecule has 18 heavy (non-hydrogen) atoms. The van der Waals surface area contributed by atoms with Crippen LogP contribution in [0.5, 0.6) is 5.75 Å². The molecule has 0 saturated heterocycles. The molecule has 0 bridgehead atoms. The number of carbonyl (C=O) groups is 1. The second-order valence-corrected chi connectivity index (χ2v) is 4.46. The molecular weight excluding hydrogens is 232 g/mol. The van der Waals surface area contributed by atoms with Gasteiger partial charge in [-0.3, -0.25) is 0 Å². The first-order chi connectivity index (χ1) is 8.63. The zero-order chi connectivity index (χ0) is 13.1. The smallest absolute Gasteiger partial charge is 0.335 e. The SMILES string of the molecule is CNCCC1COc2ccc(C(=O)O)cc2N1C. The lowest BCUT2D eigenvalue weighted by atomic mass is 10.1. The van der Waals surface area contributed by atoms with Crippen molar-refractivity contribution in [3.63, 3.8) is 0 Å². The number of ether oxygens (including phenoxy) is 1. The molecule has 98 valence electrons. The minimum atomic E-state index is -0.913. The lowest BCUT2D eigenvalue weighted by Crippen LogP contribution is -2.42. The van der Waals surface area contributed by atoms with Crippen molar-refractivity contribution in [2.24, 2.45) is 0 Å². The summed E-state index contributed by atoms with van der Waals surface area (Å²) in [5.74, 6) is -0.160. The normalized spacial score (nSPS) is 18.1. The first kappa shape index (κ1) is 12.7. The predicted molar refractivity (Wildman–Crippen MR) is 69.6 cm³/mol. The van der Waals surface area contributed by atoms with Crippen LogP contribution in [0.1, 0.15) is 16.8 Å². The van der Waals surface area contributed by atoms with Gasteiger partial charge in [-0.25, -0.2) is 4.79 Å². The zero-order valence-electron chi connectivity index (χ0n) is 10.6. The third kappa shape index (κ3) is 2.41. The second-order valence-electron chi connectivity index (χ2n) is 4.46. The van der Waals surface area contributed by atoms with Gasteiger partial charge < -0.3 is 20.1 Å². The number of fused-ring (bicyclic) bond motifs is 1. The summed E-state index contributed by atoms with van der Waals surface area (Å²) in [5.41, 5.74) is 1.14. The highest BCUT2D eigenvalue weighted by atomic mass is 16.5. The second kappa shape index (κ2) is 5.27. The summed E-state index contributed by atoms with van der Waals surface area (Å²) in [6, 6.07) is 5.24. The van der Waals surface area contributed by atoms with Crippen LogP contribution in [-0.4, -0.2) is 44.4 Å². The monoisotopic (exact) mass is 250 g/mol. The fraction of sp³-hybridized carbons (Fsp3) is 0.462. The maximum absolute atomic E-state index is 11.0. The van der Waals surface area contributed by atoms with Gasteiger partial charge in [0.15, 0.2) is 0 Å². The molecule has 0 amide bonds. The highest BCUT2D eigenvalue weighted by molar-refractivity contribution is 5.89. The van der Waals surface area contributed by atoms with E-state index in [9.17, 15) is 4.79 Å². The van der Waals surface area contributed by atoms with Crippen LogP contribution in [0.25, 0.3) is 0 Å². The van der Waals surface area contributed by atoms with E-state index in [1.807, 2.05) is 14.1 Å². The molecule has 5 nitrogen and oxygen atoms in total. The Bertz CT molecular complexity index is 448. The van der Waals surface area contributed by atoms with E-state index in [0.717, 1.165) is 24.4 Å². The van der Waals surface area contributed by atoms with E-state index in [-0.39, 0.29) is 6.04 Å². The van der Waals surface area contributed by atoms with Crippen LogP contribution < -0.4 is 15.0 Å². The number of benzene rings is 1. The number of aromatic carboxylic acids is 1. The van der Waals surface area contributed by atoms with Crippen LogP contribution in [0.3, 0.4) is 0 Å². The van der Waals surface area contributed by atoms with Gasteiger partial charge in [-0.1, -0.05) is 0 Å². The number of anilines is 1. The average Bonchev–Trinajstić information content (AvgIpc) is 2.37. The van der Waals surface area contributed by atoms with Gasteiger partial charge in [-0.05, 0) is 38.2 Å². The molecular formula is C13H18N2O3. The molecule has 1 aromatic rings. The Labute approximate surface area is 106 Å². The lowest BCUT2D eigenvalue weighted by molar-refractivity contribution is 0.0697. The molecule has 0 saturated carbocycles. The molecule has 0 aliphatic carbocycles. The van der Waals surface area contributed by atoms with Crippen molar-refractivity contribution in [2.75, 3.05) is 32.1 Å². The first-order valence-corrected chi connectivity index (χ1v) is 6.01. The Hall–Kier alpha value is -1.75. The molecule has 1 unspecified atom stereocenters. The number of likely N-dealkylation sites (N-methyl/N-ethyl adjacent to an activating group) is 1. The topological polar surface area (TPSA) is 61.8 Å². The van der Waals surface area contributed by atoms with Crippen LogP contribution in [0.15, 0.2) is 18.2 Å². The number of rotatable bonds is 4. The Balaban J connectivity index is 2.23. The summed E-state index contributed by atoms with van der Waals surface area (Å²) in [6.07, 6.45) is 0.962. The fourth-order valence-electron chi connectivity index (χ4n) is 2.13. The zero-order valence-corrected chi connectivity index (χ0v) is 10.6. The van der Waals surface area contributed by atoms with Gasteiger partial charge in [0, 0.05) is 7.05 Å². The molecule has 0 fully saturated rings. The van der Waals surface area contributed by atoms with E-state index in [2.05, 4.69) is 10.2 Å². The number of nitrogens with zero attached hydrogens (tertiary/aromatic N) is 1. The molecule has 2 rings (SSSR count). The minimum Gasteiger partial charge on any atom is -0.489 e. The molecule has 0 radical (unpaired) electrons. The molecule has 1 aliphatic heterocycles. The highest BCUT2D eigenvalue weighted by Crippen LogP contribution is 2.34. The van der Waals surface area contributed by atoms with Crippen LogP contribution >= 0.6 is 0 Å². The molecule has 1 heterocycles. The maximum Gasteiger partial charge on any atom is 0.335 e. The van der Waals surface area contributed by atoms with Gasteiger partial charge in [0.2, 0.25) is 0 Å². The van der Waals surface area contributed by atoms with E-state index in [4.69, 9.17) is 9.84 Å². The van der Waals surface area contributed by atoms with E-state index >= 15 is 0 Å². The Morgan fingerprint density at radius 2 is 2.39 bits per heavy atom. The van der Waals surface area contributed by atoms with Crippen molar-refractivity contribution in [1.29, 1.82) is 0 Å². The van der Waals surface area contributed by atoms with Crippen LogP contribution in [0, 0.1) is 0 Å². The van der Waals surface area contributed by atoms with Gasteiger partial charge >= 0.3 is 5.97 Å². The first-order valence-electron chi connectivity index (χ1n) is 6.01. The van der Waals surface area contributed by atoms with Crippen molar-refractivity contribution >= 4 is 11.7 Å². The summed E-state index contributed by atoms with van der Waals surface area (Å²) in [7, 11) is 3.90. The van der Waals surface area contributed by atoms with E-state index in [0.29, 0.717) is 12.2 Å². The predicted octanol–water partition coefficient (Wildman–Crippen LogP) is 1.19. The third-order valence-electron chi connectivity index (χ3n) is 3.29. The Morgan fingerprint density at radius 3 is 3.06 bits per heavy atom. The van der Waals surface area contributed by atoms with Gasteiger partial charge in [-0.15, -0.1) is 0 Å². The summed E-state index contributed by atoms with van der Waals surface area (Å²) >= 11 is 0. The molecule has 0 spiro atoms. The summed E-state index contributed by atoms with van der Waals surface area (Å²) in [5, 5.41) is 12.1. The Morgan fingerprint density at radius 1 is 1.61 bits per heavy atom. The van der Waals surface area contributed by atoms with Gasteiger partial charge in [0.05, 0.1) is 17.3 Å². The molecule has 0 aromatic heterocycles. The Kier molecular flexibility index (Phi) is 3.72. The fourth-order valence-corrected chi connectivity index (χ4v) is 2.13. The lowest BCUT2D eigenvalue weighted by Gasteiger charge is -2.36. The summed E-state index contributed by atoms with van der Waals surface area (Å²) in [4.78, 5) is 13.1. The number of nitrogens with one attached hydrogen (secondary N) is 1. The van der Waals surface area contributed by atoms with Crippen LogP contribution in [0.4, 0.5) is 5.69 Å². The average molecular weight is 250 g/mol. The summed E-state index contributed by atoms with van der Waals surface area (Å²) < 4.78 is 5.68. The van der Waals surface area contributed by atoms with Crippen molar-refractivity contribution in [2.45, 2.75) is 12.5 Å². The molecule has 1 atom stereocenters. The van der Waals surface area contributed by atoms with Crippen LogP contribution in [-0.2, 0) is 0 Å². The molecule has 5 heteroatoms. The molecule has 2 N–H and O–H groups in total. The van der Waals surface area contributed by atoms with E-state index < -0.39 is 5.97 Å².